The van der Waals surface area contributed by atoms with Gasteiger partial charge in [0.05, 0.1) is 17.9 Å². The second-order valence-corrected chi connectivity index (χ2v) is 10.8. The lowest BCUT2D eigenvalue weighted by Gasteiger charge is -2.38. The number of nitrogens with zero attached hydrogens (tertiary/aromatic N) is 1. The van der Waals surface area contributed by atoms with Crippen LogP contribution in [-0.4, -0.2) is 65.2 Å². The Balaban J connectivity index is 1.41. The summed E-state index contributed by atoms with van der Waals surface area (Å²) >= 11 is 1.80. The Morgan fingerprint density at radius 3 is 2.23 bits per heavy atom. The minimum Gasteiger partial charge on any atom is -0.481 e. The standard InChI is InChI=1S/C27H32N2O5S/c1-18(25(31)32)16-29(2)24(30)15-27(11-13-35-14-12-27)28-26(33)34-17-23-21-9-5-3-7-19(21)20-8-4-6-10-22(20)23/h3-10,18,23H,11-17H2,1-2H3,(H,28,33)(H,31,32). The van der Waals surface area contributed by atoms with E-state index in [2.05, 4.69) is 29.6 Å². The molecule has 4 rings (SSSR count). The van der Waals surface area contributed by atoms with Crippen molar-refractivity contribution < 1.29 is 24.2 Å². The van der Waals surface area contributed by atoms with E-state index in [1.807, 2.05) is 24.3 Å². The third-order valence-corrected chi connectivity index (χ3v) is 8.03. The van der Waals surface area contributed by atoms with Crippen molar-refractivity contribution in [1.29, 1.82) is 0 Å². The lowest BCUT2D eigenvalue weighted by molar-refractivity contribution is -0.142. The van der Waals surface area contributed by atoms with Crippen LogP contribution in [0, 0.1) is 5.92 Å². The van der Waals surface area contributed by atoms with Gasteiger partial charge in [-0.2, -0.15) is 11.8 Å². The summed E-state index contributed by atoms with van der Waals surface area (Å²) < 4.78 is 5.75. The van der Waals surface area contributed by atoms with Crippen LogP contribution in [0.5, 0.6) is 0 Å². The Hall–Kier alpha value is -3.00. The highest BCUT2D eigenvalue weighted by Gasteiger charge is 2.38. The molecule has 2 aromatic rings. The van der Waals surface area contributed by atoms with Crippen LogP contribution in [0.4, 0.5) is 4.79 Å². The molecule has 2 amide bonds. The maximum Gasteiger partial charge on any atom is 0.407 e. The van der Waals surface area contributed by atoms with Gasteiger partial charge in [0, 0.05) is 19.5 Å². The van der Waals surface area contributed by atoms with Gasteiger partial charge in [-0.1, -0.05) is 55.5 Å². The number of benzene rings is 2. The SMILES string of the molecule is CC(CN(C)C(=O)CC1(NC(=O)OCC2c3ccccc3-c3ccccc32)CCSCC1)C(=O)O. The molecule has 1 aliphatic heterocycles. The minimum atomic E-state index is -0.940. The number of nitrogens with one attached hydrogen (secondary N) is 1. The number of fused-ring (bicyclic) bond motifs is 3. The zero-order chi connectivity index (χ0) is 25.0. The van der Waals surface area contributed by atoms with Crippen molar-refractivity contribution in [3.63, 3.8) is 0 Å². The largest absolute Gasteiger partial charge is 0.481 e. The normalized spacial score (nSPS) is 17.1. The summed E-state index contributed by atoms with van der Waals surface area (Å²) in [6.45, 7) is 1.92. The van der Waals surface area contributed by atoms with Gasteiger partial charge in [0.2, 0.25) is 5.91 Å². The number of thioether (sulfide) groups is 1. The molecule has 2 N–H and O–H groups in total. The van der Waals surface area contributed by atoms with Crippen LogP contribution >= 0.6 is 11.8 Å². The van der Waals surface area contributed by atoms with E-state index < -0.39 is 23.5 Å². The number of hydrogen-bond donors (Lipinski definition) is 2. The molecular formula is C27H32N2O5S. The van der Waals surface area contributed by atoms with Gasteiger partial charge in [0.1, 0.15) is 6.61 Å². The molecule has 1 aliphatic carbocycles. The summed E-state index contributed by atoms with van der Waals surface area (Å²) in [5.74, 6) is -0.124. The molecule has 8 heteroatoms. The average molecular weight is 497 g/mol. The van der Waals surface area contributed by atoms with Crippen molar-refractivity contribution >= 4 is 29.7 Å². The molecule has 2 aromatic carbocycles. The van der Waals surface area contributed by atoms with Crippen LogP contribution in [-0.2, 0) is 14.3 Å². The van der Waals surface area contributed by atoms with Gasteiger partial charge in [-0.3, -0.25) is 9.59 Å². The number of hydrogen-bond acceptors (Lipinski definition) is 5. The molecule has 0 radical (unpaired) electrons. The first-order valence-corrected chi connectivity index (χ1v) is 13.1. The molecule has 1 fully saturated rings. The Bertz CT molecular complexity index is 1050. The number of aliphatic carboxylic acids is 1. The first kappa shape index (κ1) is 25.1. The summed E-state index contributed by atoms with van der Waals surface area (Å²) in [7, 11) is 1.61. The van der Waals surface area contributed by atoms with Gasteiger partial charge in [-0.25, -0.2) is 4.79 Å². The van der Waals surface area contributed by atoms with Crippen LogP contribution in [0.2, 0.25) is 0 Å². The molecule has 2 aliphatic rings. The highest BCUT2D eigenvalue weighted by Crippen LogP contribution is 2.44. The molecule has 0 spiro atoms. The van der Waals surface area contributed by atoms with Crippen molar-refractivity contribution in [2.24, 2.45) is 5.92 Å². The molecule has 1 atom stereocenters. The molecule has 0 bridgehead atoms. The Morgan fingerprint density at radius 2 is 1.66 bits per heavy atom. The zero-order valence-electron chi connectivity index (χ0n) is 20.2. The van der Waals surface area contributed by atoms with Gasteiger partial charge in [0.15, 0.2) is 0 Å². The molecular weight excluding hydrogens is 464 g/mol. The fourth-order valence-electron chi connectivity index (χ4n) is 4.97. The zero-order valence-corrected chi connectivity index (χ0v) is 21.0. The van der Waals surface area contributed by atoms with Gasteiger partial charge < -0.3 is 20.1 Å². The first-order valence-electron chi connectivity index (χ1n) is 12.0. The maximum atomic E-state index is 13.0. The number of carbonyl (C=O) groups excluding carboxylic acids is 2. The third-order valence-electron chi connectivity index (χ3n) is 7.05. The lowest BCUT2D eigenvalue weighted by Crippen LogP contribution is -2.54. The molecule has 0 saturated carbocycles. The lowest BCUT2D eigenvalue weighted by atomic mass is 9.88. The van der Waals surface area contributed by atoms with Crippen LogP contribution < -0.4 is 5.32 Å². The van der Waals surface area contributed by atoms with Crippen molar-refractivity contribution in [3.05, 3.63) is 59.7 Å². The minimum absolute atomic E-state index is 0.0312. The van der Waals surface area contributed by atoms with E-state index in [0.717, 1.165) is 22.6 Å². The average Bonchev–Trinajstić information content (AvgIpc) is 3.16. The fourth-order valence-corrected chi connectivity index (χ4v) is 6.25. The number of rotatable bonds is 8. The number of ether oxygens (including phenoxy) is 1. The van der Waals surface area contributed by atoms with E-state index in [-0.39, 0.29) is 31.4 Å². The molecule has 35 heavy (non-hydrogen) atoms. The van der Waals surface area contributed by atoms with Gasteiger partial charge in [-0.15, -0.1) is 0 Å². The van der Waals surface area contributed by atoms with Gasteiger partial charge in [-0.05, 0) is 46.6 Å². The van der Waals surface area contributed by atoms with Crippen molar-refractivity contribution in [2.45, 2.75) is 37.6 Å². The van der Waals surface area contributed by atoms with E-state index in [4.69, 9.17) is 9.84 Å². The Labute approximate surface area is 210 Å². The topological polar surface area (TPSA) is 95.9 Å². The van der Waals surface area contributed by atoms with Crippen molar-refractivity contribution in [3.8, 4) is 11.1 Å². The highest BCUT2D eigenvalue weighted by molar-refractivity contribution is 7.99. The van der Waals surface area contributed by atoms with E-state index >= 15 is 0 Å². The van der Waals surface area contributed by atoms with Crippen LogP contribution in [0.3, 0.4) is 0 Å². The molecule has 7 nitrogen and oxygen atoms in total. The summed E-state index contributed by atoms with van der Waals surface area (Å²) in [5, 5.41) is 12.2. The predicted octanol–water partition coefficient (Wildman–Crippen LogP) is 4.36. The predicted molar refractivity (Wildman–Crippen MR) is 137 cm³/mol. The number of carboxylic acids is 1. The molecule has 186 valence electrons. The number of alkyl carbamates (subject to hydrolysis) is 1. The van der Waals surface area contributed by atoms with E-state index in [1.54, 1.807) is 25.7 Å². The highest BCUT2D eigenvalue weighted by atomic mass is 32.2. The smallest absolute Gasteiger partial charge is 0.407 e. The van der Waals surface area contributed by atoms with Crippen LogP contribution in [0.15, 0.2) is 48.5 Å². The maximum absolute atomic E-state index is 13.0. The second kappa shape index (κ2) is 10.7. The second-order valence-electron chi connectivity index (χ2n) is 9.53. The number of carboxylic acid groups (broad SMARTS) is 1. The van der Waals surface area contributed by atoms with Crippen molar-refractivity contribution in [1.82, 2.24) is 10.2 Å². The fraction of sp³-hybridized carbons (Fsp3) is 0.444. The number of amides is 2. The third kappa shape index (κ3) is 5.64. The van der Waals surface area contributed by atoms with Crippen LogP contribution in [0.25, 0.3) is 11.1 Å². The van der Waals surface area contributed by atoms with Crippen LogP contribution in [0.1, 0.15) is 43.2 Å². The molecule has 1 saturated heterocycles. The Morgan fingerprint density at radius 1 is 1.09 bits per heavy atom. The first-order chi connectivity index (χ1) is 16.8. The Kier molecular flexibility index (Phi) is 7.69. The quantitative estimate of drug-likeness (QED) is 0.564. The monoisotopic (exact) mass is 496 g/mol. The summed E-state index contributed by atoms with van der Waals surface area (Å²) in [4.78, 5) is 38.5. The van der Waals surface area contributed by atoms with E-state index in [0.29, 0.717) is 12.8 Å². The van der Waals surface area contributed by atoms with E-state index in [1.165, 1.54) is 16.0 Å². The van der Waals surface area contributed by atoms with Crippen molar-refractivity contribution in [2.75, 3.05) is 31.7 Å². The molecule has 0 aromatic heterocycles. The van der Waals surface area contributed by atoms with Gasteiger partial charge >= 0.3 is 12.1 Å². The summed E-state index contributed by atoms with van der Waals surface area (Å²) in [6, 6.07) is 16.4. The van der Waals surface area contributed by atoms with Gasteiger partial charge in [0.25, 0.3) is 0 Å². The molecule has 1 heterocycles. The molecule has 1 unspecified atom stereocenters. The summed E-state index contributed by atoms with van der Waals surface area (Å²) in [6.07, 6.45) is 0.931. The van der Waals surface area contributed by atoms with E-state index in [9.17, 15) is 14.4 Å². The summed E-state index contributed by atoms with van der Waals surface area (Å²) in [5.41, 5.74) is 3.94. The number of carbonyl (C=O) groups is 3.